The van der Waals surface area contributed by atoms with Crippen molar-refractivity contribution in [2.45, 2.75) is 5.92 Å². The second-order valence-corrected chi connectivity index (χ2v) is 6.58. The summed E-state index contributed by atoms with van der Waals surface area (Å²) in [6, 6.07) is 19.1. The Hall–Kier alpha value is -3.81. The van der Waals surface area contributed by atoms with Crippen LogP contribution in [0.1, 0.15) is 22.3 Å². The van der Waals surface area contributed by atoms with Crippen LogP contribution >= 0.6 is 0 Å². The SMILES string of the molecule is O=C(c1cnn(-c2ccccc2)n1)N1CC(c2nc(-c3ccccc3)no2)C1. The van der Waals surface area contributed by atoms with Crippen LogP contribution in [0.15, 0.2) is 71.4 Å². The first-order valence-electron chi connectivity index (χ1n) is 8.94. The number of para-hydroxylation sites is 1. The fraction of sp³-hybridized carbons (Fsp3) is 0.150. The number of benzene rings is 2. The molecule has 2 aromatic carbocycles. The maximum atomic E-state index is 12.6. The van der Waals surface area contributed by atoms with E-state index in [1.165, 1.54) is 11.0 Å². The highest BCUT2D eigenvalue weighted by molar-refractivity contribution is 5.92. The van der Waals surface area contributed by atoms with Crippen molar-refractivity contribution in [2.24, 2.45) is 0 Å². The van der Waals surface area contributed by atoms with E-state index in [0.29, 0.717) is 30.5 Å². The molecule has 2 aromatic heterocycles. The molecule has 0 radical (unpaired) electrons. The van der Waals surface area contributed by atoms with E-state index in [1.54, 1.807) is 4.90 Å². The van der Waals surface area contributed by atoms with E-state index in [1.807, 2.05) is 60.7 Å². The number of rotatable bonds is 4. The lowest BCUT2D eigenvalue weighted by atomic mass is 10.00. The molecule has 1 aliphatic heterocycles. The van der Waals surface area contributed by atoms with Crippen molar-refractivity contribution in [3.63, 3.8) is 0 Å². The van der Waals surface area contributed by atoms with Gasteiger partial charge in [-0.2, -0.15) is 14.9 Å². The van der Waals surface area contributed by atoms with Crippen molar-refractivity contribution >= 4 is 5.91 Å². The highest BCUT2D eigenvalue weighted by Gasteiger charge is 2.37. The summed E-state index contributed by atoms with van der Waals surface area (Å²) in [6.45, 7) is 1.04. The normalized spacial score (nSPS) is 14.1. The van der Waals surface area contributed by atoms with Crippen LogP contribution < -0.4 is 0 Å². The predicted octanol–water partition coefficient (Wildman–Crippen LogP) is 2.56. The lowest BCUT2D eigenvalue weighted by molar-refractivity contribution is 0.0562. The van der Waals surface area contributed by atoms with Gasteiger partial charge in [-0.25, -0.2) is 0 Å². The summed E-state index contributed by atoms with van der Waals surface area (Å²) >= 11 is 0. The van der Waals surface area contributed by atoms with E-state index in [9.17, 15) is 4.79 Å². The van der Waals surface area contributed by atoms with Crippen molar-refractivity contribution in [1.29, 1.82) is 0 Å². The number of nitrogens with zero attached hydrogens (tertiary/aromatic N) is 6. The molecule has 0 spiro atoms. The topological polar surface area (TPSA) is 89.9 Å². The molecule has 138 valence electrons. The van der Waals surface area contributed by atoms with E-state index in [-0.39, 0.29) is 11.8 Å². The molecule has 5 rings (SSSR count). The van der Waals surface area contributed by atoms with Crippen LogP contribution in [0.3, 0.4) is 0 Å². The van der Waals surface area contributed by atoms with Gasteiger partial charge >= 0.3 is 0 Å². The molecule has 1 amide bonds. The zero-order valence-corrected chi connectivity index (χ0v) is 14.8. The van der Waals surface area contributed by atoms with Crippen LogP contribution in [-0.2, 0) is 0 Å². The zero-order valence-electron chi connectivity index (χ0n) is 14.8. The molecule has 0 N–H and O–H groups in total. The average molecular weight is 372 g/mol. The summed E-state index contributed by atoms with van der Waals surface area (Å²) in [4.78, 5) is 20.2. The summed E-state index contributed by atoms with van der Waals surface area (Å²) in [5.74, 6) is 1.00. The maximum Gasteiger partial charge on any atom is 0.276 e. The monoisotopic (exact) mass is 372 g/mol. The van der Waals surface area contributed by atoms with Crippen LogP contribution in [0.4, 0.5) is 0 Å². The van der Waals surface area contributed by atoms with Crippen LogP contribution in [0.5, 0.6) is 0 Å². The molecule has 1 aliphatic rings. The smallest absolute Gasteiger partial charge is 0.276 e. The van der Waals surface area contributed by atoms with Crippen molar-refractivity contribution < 1.29 is 9.32 Å². The molecule has 0 saturated carbocycles. The molecule has 1 saturated heterocycles. The number of aromatic nitrogens is 5. The van der Waals surface area contributed by atoms with Gasteiger partial charge in [0.15, 0.2) is 5.69 Å². The molecule has 0 unspecified atom stereocenters. The first kappa shape index (κ1) is 16.4. The van der Waals surface area contributed by atoms with Gasteiger partial charge in [-0.1, -0.05) is 53.7 Å². The molecule has 0 bridgehead atoms. The number of hydrogen-bond acceptors (Lipinski definition) is 6. The van der Waals surface area contributed by atoms with Crippen LogP contribution in [0.25, 0.3) is 17.1 Å². The number of carbonyl (C=O) groups excluding carboxylic acids is 1. The molecule has 1 fully saturated rings. The molecule has 0 atom stereocenters. The second-order valence-electron chi connectivity index (χ2n) is 6.58. The second kappa shape index (κ2) is 6.73. The summed E-state index contributed by atoms with van der Waals surface area (Å²) in [5, 5.41) is 12.5. The highest BCUT2D eigenvalue weighted by atomic mass is 16.5. The quantitative estimate of drug-likeness (QED) is 0.547. The number of hydrogen-bond donors (Lipinski definition) is 0. The van der Waals surface area contributed by atoms with Gasteiger partial charge in [-0.05, 0) is 12.1 Å². The Morgan fingerprint density at radius 3 is 2.46 bits per heavy atom. The number of amides is 1. The molecule has 3 heterocycles. The minimum absolute atomic E-state index is 0.0399. The number of likely N-dealkylation sites (tertiary alicyclic amines) is 1. The Labute approximate surface area is 160 Å². The molecule has 28 heavy (non-hydrogen) atoms. The predicted molar refractivity (Wildman–Crippen MR) is 99.7 cm³/mol. The first-order chi connectivity index (χ1) is 13.8. The van der Waals surface area contributed by atoms with Gasteiger partial charge in [0.1, 0.15) is 0 Å². The standard InChI is InChI=1S/C20H16N6O2/c27-20(17-11-21-26(23-17)16-9-5-2-6-10-16)25-12-15(13-25)19-22-18(24-28-19)14-7-3-1-4-8-14/h1-11,15H,12-13H2. The minimum atomic E-state index is -0.152. The van der Waals surface area contributed by atoms with Gasteiger partial charge in [0.2, 0.25) is 11.7 Å². The number of carbonyl (C=O) groups is 1. The maximum absolute atomic E-state index is 12.6. The summed E-state index contributed by atoms with van der Waals surface area (Å²) in [7, 11) is 0. The molecular weight excluding hydrogens is 356 g/mol. The Kier molecular flexibility index (Phi) is 3.93. The van der Waals surface area contributed by atoms with Crippen molar-refractivity contribution in [3.8, 4) is 17.1 Å². The average Bonchev–Trinajstić information content (AvgIpc) is 3.38. The van der Waals surface area contributed by atoms with Crippen molar-refractivity contribution in [2.75, 3.05) is 13.1 Å². The molecule has 4 aromatic rings. The third kappa shape index (κ3) is 2.94. The van der Waals surface area contributed by atoms with Gasteiger partial charge in [0, 0.05) is 18.7 Å². The van der Waals surface area contributed by atoms with Crippen LogP contribution in [-0.4, -0.2) is 49.0 Å². The minimum Gasteiger partial charge on any atom is -0.339 e. The van der Waals surface area contributed by atoms with Gasteiger partial charge in [0.25, 0.3) is 5.91 Å². The Bertz CT molecular complexity index is 1100. The lowest BCUT2D eigenvalue weighted by Gasteiger charge is -2.36. The van der Waals surface area contributed by atoms with Crippen LogP contribution in [0.2, 0.25) is 0 Å². The molecule has 8 nitrogen and oxygen atoms in total. The Balaban J connectivity index is 1.24. The van der Waals surface area contributed by atoms with E-state index < -0.39 is 0 Å². The molecule has 8 heteroatoms. The lowest BCUT2D eigenvalue weighted by Crippen LogP contribution is -2.48. The van der Waals surface area contributed by atoms with Gasteiger partial charge in [0.05, 0.1) is 17.8 Å². The van der Waals surface area contributed by atoms with Crippen LogP contribution in [0, 0.1) is 0 Å². The highest BCUT2D eigenvalue weighted by Crippen LogP contribution is 2.28. The summed E-state index contributed by atoms with van der Waals surface area (Å²) in [5.41, 5.74) is 2.03. The largest absolute Gasteiger partial charge is 0.339 e. The van der Waals surface area contributed by atoms with E-state index in [0.717, 1.165) is 11.3 Å². The van der Waals surface area contributed by atoms with Gasteiger partial charge in [-0.3, -0.25) is 4.79 Å². The van der Waals surface area contributed by atoms with Crippen molar-refractivity contribution in [1.82, 2.24) is 30.0 Å². The molecule has 0 aliphatic carbocycles. The molecular formula is C20H16N6O2. The fourth-order valence-corrected chi connectivity index (χ4v) is 3.11. The van der Waals surface area contributed by atoms with Gasteiger partial charge < -0.3 is 9.42 Å². The third-order valence-corrected chi connectivity index (χ3v) is 4.69. The summed E-state index contributed by atoms with van der Waals surface area (Å²) in [6.07, 6.45) is 1.49. The fourth-order valence-electron chi connectivity index (χ4n) is 3.11. The van der Waals surface area contributed by atoms with Gasteiger partial charge in [-0.15, -0.1) is 5.10 Å². The summed E-state index contributed by atoms with van der Waals surface area (Å²) < 4.78 is 5.39. The third-order valence-electron chi connectivity index (χ3n) is 4.69. The Morgan fingerprint density at radius 2 is 1.71 bits per heavy atom. The first-order valence-corrected chi connectivity index (χ1v) is 8.94. The van der Waals surface area contributed by atoms with E-state index in [4.69, 9.17) is 4.52 Å². The van der Waals surface area contributed by atoms with Crippen molar-refractivity contribution in [3.05, 3.63) is 78.4 Å². The Morgan fingerprint density at radius 1 is 1.00 bits per heavy atom. The van der Waals surface area contributed by atoms with E-state index >= 15 is 0 Å². The van der Waals surface area contributed by atoms with E-state index in [2.05, 4.69) is 20.3 Å². The zero-order chi connectivity index (χ0) is 18.9.